The summed E-state index contributed by atoms with van der Waals surface area (Å²) in [5.74, 6) is 0.861. The fourth-order valence-corrected chi connectivity index (χ4v) is 2.36. The Balaban J connectivity index is 2.28. The van der Waals surface area contributed by atoms with Gasteiger partial charge in [0.25, 0.3) is 0 Å². The highest BCUT2D eigenvalue weighted by Crippen LogP contribution is 2.26. The average molecular weight is 240 g/mol. The van der Waals surface area contributed by atoms with E-state index < -0.39 is 0 Å². The Morgan fingerprint density at radius 2 is 1.82 bits per heavy atom. The van der Waals surface area contributed by atoms with Gasteiger partial charge in [-0.1, -0.05) is 6.92 Å². The third kappa shape index (κ3) is 4.75. The lowest BCUT2D eigenvalue weighted by atomic mass is 9.86. The van der Waals surface area contributed by atoms with Crippen LogP contribution in [0.25, 0.3) is 0 Å². The largest absolute Gasteiger partial charge is 0.356 e. The summed E-state index contributed by atoms with van der Waals surface area (Å²) in [5.41, 5.74) is 0. The molecule has 4 heteroatoms. The van der Waals surface area contributed by atoms with Gasteiger partial charge in [-0.05, 0) is 31.6 Å². The van der Waals surface area contributed by atoms with Gasteiger partial charge in [-0.15, -0.1) is 0 Å². The molecule has 1 saturated carbocycles. The fraction of sp³-hybridized carbons (Fsp3) is 0.846. The highest BCUT2D eigenvalue weighted by atomic mass is 16.2. The van der Waals surface area contributed by atoms with Crippen molar-refractivity contribution in [2.75, 3.05) is 13.6 Å². The maximum atomic E-state index is 11.9. The van der Waals surface area contributed by atoms with Crippen molar-refractivity contribution in [2.24, 2.45) is 5.92 Å². The van der Waals surface area contributed by atoms with E-state index in [1.807, 2.05) is 11.9 Å². The van der Waals surface area contributed by atoms with Crippen molar-refractivity contribution in [1.82, 2.24) is 10.2 Å². The quantitative estimate of drug-likeness (QED) is 0.810. The Hall–Kier alpha value is -1.06. The molecule has 2 amide bonds. The highest BCUT2D eigenvalue weighted by molar-refractivity contribution is 5.78. The van der Waals surface area contributed by atoms with Crippen LogP contribution >= 0.6 is 0 Å². The molecule has 1 aliphatic carbocycles. The van der Waals surface area contributed by atoms with Gasteiger partial charge < -0.3 is 10.2 Å². The first kappa shape index (κ1) is 14.0. The predicted molar refractivity (Wildman–Crippen MR) is 67.5 cm³/mol. The first-order valence-corrected chi connectivity index (χ1v) is 6.50. The summed E-state index contributed by atoms with van der Waals surface area (Å²) in [6.45, 7) is 4.19. The molecule has 0 heterocycles. The first-order chi connectivity index (χ1) is 8.00. The smallest absolute Gasteiger partial charge is 0.224 e. The predicted octanol–water partition coefficient (Wildman–Crippen LogP) is 1.55. The lowest BCUT2D eigenvalue weighted by molar-refractivity contribution is -0.132. The van der Waals surface area contributed by atoms with E-state index in [-0.39, 0.29) is 11.8 Å². The topological polar surface area (TPSA) is 49.4 Å². The molecular weight excluding hydrogens is 216 g/mol. The molecule has 0 aromatic rings. The maximum absolute atomic E-state index is 11.9. The zero-order valence-corrected chi connectivity index (χ0v) is 11.2. The minimum atomic E-state index is -0.0769. The number of nitrogens with one attached hydrogen (secondary N) is 1. The van der Waals surface area contributed by atoms with E-state index >= 15 is 0 Å². The zero-order chi connectivity index (χ0) is 12.8. The molecule has 0 aromatic carbocycles. The van der Waals surface area contributed by atoms with Gasteiger partial charge in [0.2, 0.25) is 11.8 Å². The van der Waals surface area contributed by atoms with Crippen molar-refractivity contribution in [3.8, 4) is 0 Å². The highest BCUT2D eigenvalue weighted by Gasteiger charge is 2.24. The monoisotopic (exact) mass is 240 g/mol. The van der Waals surface area contributed by atoms with Gasteiger partial charge in [-0.3, -0.25) is 9.59 Å². The third-order valence-electron chi connectivity index (χ3n) is 3.64. The molecule has 0 radical (unpaired) electrons. The van der Waals surface area contributed by atoms with Gasteiger partial charge in [-0.2, -0.15) is 0 Å². The second-order valence-corrected chi connectivity index (χ2v) is 5.15. The first-order valence-electron chi connectivity index (χ1n) is 6.50. The van der Waals surface area contributed by atoms with Gasteiger partial charge >= 0.3 is 0 Å². The van der Waals surface area contributed by atoms with Crippen LogP contribution in [0.4, 0.5) is 0 Å². The van der Waals surface area contributed by atoms with Crippen molar-refractivity contribution >= 4 is 11.8 Å². The minimum Gasteiger partial charge on any atom is -0.356 e. The van der Waals surface area contributed by atoms with E-state index in [1.54, 1.807) is 0 Å². The van der Waals surface area contributed by atoms with Crippen molar-refractivity contribution in [1.29, 1.82) is 0 Å². The molecule has 0 saturated heterocycles. The maximum Gasteiger partial charge on any atom is 0.224 e. The number of hydrogen-bond acceptors (Lipinski definition) is 2. The zero-order valence-electron chi connectivity index (χ0n) is 11.2. The molecule has 1 aliphatic rings. The molecule has 98 valence electrons. The molecule has 0 unspecified atom stereocenters. The van der Waals surface area contributed by atoms with E-state index in [2.05, 4.69) is 12.2 Å². The minimum absolute atomic E-state index is 0.0769. The van der Waals surface area contributed by atoms with E-state index in [1.165, 1.54) is 19.8 Å². The summed E-state index contributed by atoms with van der Waals surface area (Å²) < 4.78 is 0. The van der Waals surface area contributed by atoms with Gasteiger partial charge in [0.05, 0.1) is 0 Å². The molecule has 1 fully saturated rings. The van der Waals surface area contributed by atoms with Crippen molar-refractivity contribution < 1.29 is 9.59 Å². The van der Waals surface area contributed by atoms with Gasteiger partial charge in [0, 0.05) is 33.0 Å². The van der Waals surface area contributed by atoms with Crippen LogP contribution in [-0.2, 0) is 9.59 Å². The van der Waals surface area contributed by atoms with Gasteiger partial charge in [0.1, 0.15) is 0 Å². The van der Waals surface area contributed by atoms with Crippen LogP contribution in [0.1, 0.15) is 46.0 Å². The Bertz CT molecular complexity index is 271. The second-order valence-electron chi connectivity index (χ2n) is 5.15. The Kier molecular flexibility index (Phi) is 5.45. The summed E-state index contributed by atoms with van der Waals surface area (Å²) in [6, 6.07) is 0.399. The second kappa shape index (κ2) is 6.62. The molecule has 17 heavy (non-hydrogen) atoms. The number of hydrogen-bond donors (Lipinski definition) is 1. The van der Waals surface area contributed by atoms with E-state index in [9.17, 15) is 9.59 Å². The molecule has 1 N–H and O–H groups in total. The molecule has 0 atom stereocenters. The van der Waals surface area contributed by atoms with Crippen LogP contribution in [0.3, 0.4) is 0 Å². The van der Waals surface area contributed by atoms with Crippen LogP contribution in [0, 0.1) is 5.92 Å². The lowest BCUT2D eigenvalue weighted by Gasteiger charge is -2.33. The van der Waals surface area contributed by atoms with Gasteiger partial charge in [0.15, 0.2) is 0 Å². The van der Waals surface area contributed by atoms with Crippen LogP contribution in [0.15, 0.2) is 0 Å². The number of carbonyl (C=O) groups is 2. The average Bonchev–Trinajstić information content (AvgIpc) is 2.28. The van der Waals surface area contributed by atoms with Crippen molar-refractivity contribution in [3.05, 3.63) is 0 Å². The van der Waals surface area contributed by atoms with Crippen molar-refractivity contribution in [2.45, 2.75) is 52.0 Å². The molecule has 0 bridgehead atoms. The molecule has 0 aromatic heterocycles. The summed E-state index contributed by atoms with van der Waals surface area (Å²) in [6.07, 6.45) is 5.07. The Morgan fingerprint density at radius 3 is 2.35 bits per heavy atom. The number of carbonyl (C=O) groups excluding carboxylic acids is 2. The van der Waals surface area contributed by atoms with Crippen LogP contribution in [0.2, 0.25) is 0 Å². The van der Waals surface area contributed by atoms with Gasteiger partial charge in [-0.25, -0.2) is 0 Å². The molecular formula is C13H24N2O2. The van der Waals surface area contributed by atoms with Crippen LogP contribution in [-0.4, -0.2) is 36.3 Å². The van der Waals surface area contributed by atoms with E-state index in [0.717, 1.165) is 18.8 Å². The van der Waals surface area contributed by atoms with Crippen LogP contribution < -0.4 is 5.32 Å². The fourth-order valence-electron chi connectivity index (χ4n) is 2.36. The van der Waals surface area contributed by atoms with E-state index in [0.29, 0.717) is 19.0 Å². The molecule has 0 spiro atoms. The SMILES string of the molecule is CC(=O)NCCC(=O)N(C)C1CCC(C)CC1. The summed E-state index contributed by atoms with van der Waals surface area (Å²) in [4.78, 5) is 24.4. The number of nitrogens with zero attached hydrogens (tertiary/aromatic N) is 1. The van der Waals surface area contributed by atoms with Crippen LogP contribution in [0.5, 0.6) is 0 Å². The standard InChI is InChI=1S/C13H24N2O2/c1-10-4-6-12(7-5-10)15(3)13(17)8-9-14-11(2)16/h10,12H,4-9H2,1-3H3,(H,14,16). The summed E-state index contributed by atoms with van der Waals surface area (Å²) >= 11 is 0. The van der Waals surface area contributed by atoms with E-state index in [4.69, 9.17) is 0 Å². The normalized spacial score (nSPS) is 24.2. The lowest BCUT2D eigenvalue weighted by Crippen LogP contribution is -2.40. The molecule has 1 rings (SSSR count). The molecule has 0 aliphatic heterocycles. The Labute approximate surface area is 104 Å². The third-order valence-corrected chi connectivity index (χ3v) is 3.64. The summed E-state index contributed by atoms with van der Waals surface area (Å²) in [5, 5.41) is 2.65. The molecule has 4 nitrogen and oxygen atoms in total. The Morgan fingerprint density at radius 1 is 1.24 bits per heavy atom. The summed E-state index contributed by atoms with van der Waals surface area (Å²) in [7, 11) is 1.89. The van der Waals surface area contributed by atoms with Crippen molar-refractivity contribution in [3.63, 3.8) is 0 Å². The number of rotatable bonds is 4. The number of amides is 2.